The average molecular weight is 232 g/mol. The van der Waals surface area contributed by atoms with Crippen LogP contribution < -0.4 is 0 Å². The first-order valence-electron chi connectivity index (χ1n) is 5.45. The first-order valence-corrected chi connectivity index (χ1v) is 5.99. The zero-order valence-corrected chi connectivity index (χ0v) is 11.4. The molecule has 1 fully saturated rings. The van der Waals surface area contributed by atoms with E-state index >= 15 is 0 Å². The van der Waals surface area contributed by atoms with Gasteiger partial charge in [0.1, 0.15) is 5.88 Å². The standard InChI is InChI=1S/C12H22ClNO/c1-10(2)8-11(3,4)14(9(15)7-13)12(10,5)6/h7-8H2,1-6H3. The molecule has 0 atom stereocenters. The van der Waals surface area contributed by atoms with Gasteiger partial charge in [0.05, 0.1) is 0 Å². The predicted molar refractivity (Wildman–Crippen MR) is 64.1 cm³/mol. The van der Waals surface area contributed by atoms with Crippen LogP contribution in [0.15, 0.2) is 0 Å². The fourth-order valence-corrected chi connectivity index (χ4v) is 3.26. The quantitative estimate of drug-likeness (QED) is 0.636. The van der Waals surface area contributed by atoms with Crippen LogP contribution in [0.4, 0.5) is 0 Å². The summed E-state index contributed by atoms with van der Waals surface area (Å²) in [4.78, 5) is 13.9. The molecule has 0 unspecified atom stereocenters. The fourth-order valence-electron chi connectivity index (χ4n) is 3.15. The van der Waals surface area contributed by atoms with E-state index in [4.69, 9.17) is 11.6 Å². The van der Waals surface area contributed by atoms with Gasteiger partial charge in [-0.25, -0.2) is 0 Å². The van der Waals surface area contributed by atoms with Gasteiger partial charge in [-0.1, -0.05) is 13.8 Å². The lowest BCUT2D eigenvalue weighted by Crippen LogP contribution is -2.55. The minimum atomic E-state index is -0.136. The second-order valence-corrected chi connectivity index (χ2v) is 6.56. The molecule has 1 aliphatic rings. The molecule has 0 saturated carbocycles. The molecule has 1 saturated heterocycles. The van der Waals surface area contributed by atoms with E-state index in [0.717, 1.165) is 6.42 Å². The molecule has 1 rings (SSSR count). The minimum Gasteiger partial charge on any atom is -0.331 e. The molecule has 1 heterocycles. The van der Waals surface area contributed by atoms with Crippen molar-refractivity contribution in [1.82, 2.24) is 4.90 Å². The molecule has 3 heteroatoms. The molecule has 15 heavy (non-hydrogen) atoms. The molecule has 1 amide bonds. The molecule has 0 aromatic carbocycles. The maximum atomic E-state index is 11.9. The summed E-state index contributed by atoms with van der Waals surface area (Å²) in [5.41, 5.74) is -0.111. The van der Waals surface area contributed by atoms with Gasteiger partial charge in [-0.05, 0) is 39.5 Å². The summed E-state index contributed by atoms with van der Waals surface area (Å²) in [6, 6.07) is 0. The topological polar surface area (TPSA) is 20.3 Å². The number of rotatable bonds is 1. The van der Waals surface area contributed by atoms with Crippen LogP contribution in [0.1, 0.15) is 48.0 Å². The number of amides is 1. The Kier molecular flexibility index (Phi) is 2.89. The molecule has 0 bridgehead atoms. The zero-order valence-electron chi connectivity index (χ0n) is 10.6. The maximum absolute atomic E-state index is 11.9. The second-order valence-electron chi connectivity index (χ2n) is 6.29. The number of halogens is 1. The highest BCUT2D eigenvalue weighted by atomic mass is 35.5. The van der Waals surface area contributed by atoms with E-state index in [-0.39, 0.29) is 28.3 Å². The predicted octanol–water partition coefficient (Wildman–Crippen LogP) is 3.04. The lowest BCUT2D eigenvalue weighted by atomic mass is 9.74. The zero-order chi connectivity index (χ0) is 12.1. The summed E-state index contributed by atoms with van der Waals surface area (Å²) < 4.78 is 0. The van der Waals surface area contributed by atoms with Crippen LogP contribution in [-0.4, -0.2) is 27.8 Å². The fraction of sp³-hybridized carbons (Fsp3) is 0.917. The summed E-state index contributed by atoms with van der Waals surface area (Å²) in [6.45, 7) is 12.9. The van der Waals surface area contributed by atoms with Crippen molar-refractivity contribution < 1.29 is 4.79 Å². The smallest absolute Gasteiger partial charge is 0.238 e. The Labute approximate surface area is 98.0 Å². The van der Waals surface area contributed by atoms with Crippen LogP contribution in [-0.2, 0) is 4.79 Å². The molecule has 0 aliphatic carbocycles. The van der Waals surface area contributed by atoms with Crippen molar-refractivity contribution in [2.45, 2.75) is 59.0 Å². The van der Waals surface area contributed by atoms with Crippen molar-refractivity contribution >= 4 is 17.5 Å². The largest absolute Gasteiger partial charge is 0.331 e. The van der Waals surface area contributed by atoms with Gasteiger partial charge in [0.2, 0.25) is 5.91 Å². The van der Waals surface area contributed by atoms with Crippen LogP contribution in [0.2, 0.25) is 0 Å². The summed E-state index contributed by atoms with van der Waals surface area (Å²) in [6.07, 6.45) is 1.01. The van der Waals surface area contributed by atoms with Crippen molar-refractivity contribution in [3.05, 3.63) is 0 Å². The molecule has 0 aromatic heterocycles. The van der Waals surface area contributed by atoms with Gasteiger partial charge >= 0.3 is 0 Å². The number of alkyl halides is 1. The highest BCUT2D eigenvalue weighted by Crippen LogP contribution is 2.52. The van der Waals surface area contributed by atoms with Gasteiger partial charge in [-0.3, -0.25) is 4.79 Å². The summed E-state index contributed by atoms with van der Waals surface area (Å²) in [5.74, 6) is 0.111. The highest BCUT2D eigenvalue weighted by Gasteiger charge is 2.57. The van der Waals surface area contributed by atoms with Crippen molar-refractivity contribution in [2.75, 3.05) is 5.88 Å². The lowest BCUT2D eigenvalue weighted by molar-refractivity contribution is -0.138. The highest BCUT2D eigenvalue weighted by molar-refractivity contribution is 6.27. The number of carbonyl (C=O) groups is 1. The third-order valence-electron chi connectivity index (χ3n) is 4.06. The van der Waals surface area contributed by atoms with Crippen LogP contribution in [0, 0.1) is 5.41 Å². The Morgan fingerprint density at radius 3 is 1.93 bits per heavy atom. The Hall–Kier alpha value is -0.240. The van der Waals surface area contributed by atoms with Crippen molar-refractivity contribution in [3.63, 3.8) is 0 Å². The van der Waals surface area contributed by atoms with E-state index in [1.165, 1.54) is 0 Å². The molecule has 0 N–H and O–H groups in total. The summed E-state index contributed by atoms with van der Waals surface area (Å²) in [7, 11) is 0. The van der Waals surface area contributed by atoms with Gasteiger partial charge in [0.15, 0.2) is 0 Å². The molecule has 88 valence electrons. The molecule has 0 radical (unpaired) electrons. The Morgan fingerprint density at radius 2 is 1.67 bits per heavy atom. The van der Waals surface area contributed by atoms with E-state index in [9.17, 15) is 4.79 Å². The molecular weight excluding hydrogens is 210 g/mol. The summed E-state index contributed by atoms with van der Waals surface area (Å²) in [5, 5.41) is 0. The average Bonchev–Trinajstić information content (AvgIpc) is 2.11. The van der Waals surface area contributed by atoms with Crippen LogP contribution in [0.3, 0.4) is 0 Å². The van der Waals surface area contributed by atoms with E-state index in [1.54, 1.807) is 0 Å². The normalized spacial score (nSPS) is 26.7. The van der Waals surface area contributed by atoms with Gasteiger partial charge in [-0.15, -0.1) is 11.6 Å². The van der Waals surface area contributed by atoms with E-state index in [0.29, 0.717) is 0 Å². The SMILES string of the molecule is CC1(C)CC(C)(C)C(C)(C)N1C(=O)CCl. The van der Waals surface area contributed by atoms with Crippen LogP contribution in [0.25, 0.3) is 0 Å². The minimum absolute atomic E-state index is 0.0391. The molecule has 0 spiro atoms. The third-order valence-corrected chi connectivity index (χ3v) is 4.29. The van der Waals surface area contributed by atoms with Crippen molar-refractivity contribution in [2.24, 2.45) is 5.41 Å². The van der Waals surface area contributed by atoms with E-state index in [1.807, 2.05) is 4.90 Å². The maximum Gasteiger partial charge on any atom is 0.238 e. The molecular formula is C12H22ClNO. The third kappa shape index (κ3) is 1.77. The molecule has 1 aliphatic heterocycles. The lowest BCUT2D eigenvalue weighted by Gasteiger charge is -2.43. The van der Waals surface area contributed by atoms with Gasteiger partial charge < -0.3 is 4.90 Å². The Balaban J connectivity index is 3.18. The van der Waals surface area contributed by atoms with Gasteiger partial charge in [0, 0.05) is 11.1 Å². The Bertz CT molecular complexity index is 281. The van der Waals surface area contributed by atoms with Crippen LogP contribution in [0.5, 0.6) is 0 Å². The van der Waals surface area contributed by atoms with Gasteiger partial charge in [-0.2, -0.15) is 0 Å². The number of likely N-dealkylation sites (tertiary alicyclic amines) is 1. The number of nitrogens with zero attached hydrogens (tertiary/aromatic N) is 1. The monoisotopic (exact) mass is 231 g/mol. The molecule has 2 nitrogen and oxygen atoms in total. The first-order chi connectivity index (χ1) is 6.56. The van der Waals surface area contributed by atoms with E-state index in [2.05, 4.69) is 41.5 Å². The van der Waals surface area contributed by atoms with E-state index < -0.39 is 0 Å². The van der Waals surface area contributed by atoms with Gasteiger partial charge in [0.25, 0.3) is 0 Å². The number of carbonyl (C=O) groups excluding carboxylic acids is 1. The van der Waals surface area contributed by atoms with Crippen molar-refractivity contribution in [1.29, 1.82) is 0 Å². The van der Waals surface area contributed by atoms with Crippen molar-refractivity contribution in [3.8, 4) is 0 Å². The second kappa shape index (κ2) is 3.38. The Morgan fingerprint density at radius 1 is 1.20 bits per heavy atom. The molecule has 0 aromatic rings. The number of hydrogen-bond donors (Lipinski definition) is 0. The number of hydrogen-bond acceptors (Lipinski definition) is 1. The van der Waals surface area contributed by atoms with Crippen LogP contribution >= 0.6 is 11.6 Å². The first kappa shape index (κ1) is 12.8. The summed E-state index contributed by atoms with van der Waals surface area (Å²) >= 11 is 5.69.